The molecular weight excluding hydrogens is 382 g/mol. The standard InChI is InChI=1S/C23H17N3O2S/c1-16-4-6-18(7-5-16)15-27-20-10-8-17(9-11-20)13-19(14-24)23-25-22(26-28-23)21-3-2-12-29-21/h2-13H,15H2,1H3/b19-13+. The van der Waals surface area contributed by atoms with Gasteiger partial charge in [-0.05, 0) is 47.7 Å². The summed E-state index contributed by atoms with van der Waals surface area (Å²) < 4.78 is 11.1. The number of aryl methyl sites for hydroxylation is 1. The Hall–Kier alpha value is -3.69. The van der Waals surface area contributed by atoms with Gasteiger partial charge in [-0.25, -0.2) is 0 Å². The Morgan fingerprint density at radius 2 is 1.93 bits per heavy atom. The number of nitriles is 1. The van der Waals surface area contributed by atoms with Gasteiger partial charge in [-0.1, -0.05) is 53.2 Å². The van der Waals surface area contributed by atoms with Crippen LogP contribution in [0.3, 0.4) is 0 Å². The molecule has 0 aliphatic heterocycles. The highest BCUT2D eigenvalue weighted by atomic mass is 32.1. The van der Waals surface area contributed by atoms with E-state index in [0.29, 0.717) is 18.0 Å². The van der Waals surface area contributed by atoms with E-state index in [-0.39, 0.29) is 5.89 Å². The van der Waals surface area contributed by atoms with E-state index in [4.69, 9.17) is 9.26 Å². The van der Waals surface area contributed by atoms with Crippen LogP contribution in [0.2, 0.25) is 0 Å². The van der Waals surface area contributed by atoms with Crippen LogP contribution in [-0.2, 0) is 6.61 Å². The number of allylic oxidation sites excluding steroid dienone is 1. The minimum atomic E-state index is 0.204. The molecule has 0 spiro atoms. The molecule has 0 amide bonds. The van der Waals surface area contributed by atoms with Gasteiger partial charge in [-0.2, -0.15) is 10.2 Å². The molecule has 4 aromatic rings. The first-order chi connectivity index (χ1) is 14.2. The van der Waals surface area contributed by atoms with Crippen molar-refractivity contribution in [2.24, 2.45) is 0 Å². The highest BCUT2D eigenvalue weighted by molar-refractivity contribution is 7.13. The van der Waals surface area contributed by atoms with Gasteiger partial charge in [0.05, 0.1) is 4.88 Å². The fourth-order valence-corrected chi connectivity index (χ4v) is 3.31. The monoisotopic (exact) mass is 399 g/mol. The molecule has 142 valence electrons. The summed E-state index contributed by atoms with van der Waals surface area (Å²) in [6.45, 7) is 2.57. The molecule has 0 fully saturated rings. The maximum atomic E-state index is 9.50. The van der Waals surface area contributed by atoms with E-state index >= 15 is 0 Å². The number of hydrogen-bond acceptors (Lipinski definition) is 6. The Balaban J connectivity index is 1.45. The summed E-state index contributed by atoms with van der Waals surface area (Å²) in [7, 11) is 0. The quantitative estimate of drug-likeness (QED) is 0.386. The van der Waals surface area contributed by atoms with Crippen LogP contribution in [0.4, 0.5) is 0 Å². The lowest BCUT2D eigenvalue weighted by atomic mass is 10.1. The molecule has 2 aromatic heterocycles. The second-order valence-corrected chi connectivity index (χ2v) is 7.36. The first-order valence-electron chi connectivity index (χ1n) is 8.99. The Morgan fingerprint density at radius 1 is 1.14 bits per heavy atom. The first-order valence-corrected chi connectivity index (χ1v) is 9.87. The van der Waals surface area contributed by atoms with Gasteiger partial charge in [-0.15, -0.1) is 11.3 Å². The van der Waals surface area contributed by atoms with Gasteiger partial charge in [-0.3, -0.25) is 0 Å². The maximum absolute atomic E-state index is 9.50. The number of aromatic nitrogens is 2. The highest BCUT2D eigenvalue weighted by Crippen LogP contribution is 2.24. The molecule has 0 bridgehead atoms. The lowest BCUT2D eigenvalue weighted by molar-refractivity contribution is 0.306. The normalized spacial score (nSPS) is 11.2. The van der Waals surface area contributed by atoms with Gasteiger partial charge in [0.2, 0.25) is 5.82 Å². The average molecular weight is 399 g/mol. The number of rotatable bonds is 6. The van der Waals surface area contributed by atoms with Gasteiger partial charge >= 0.3 is 0 Å². The SMILES string of the molecule is Cc1ccc(COc2ccc(/C=C(\C#N)c3nc(-c4cccs4)no3)cc2)cc1. The van der Waals surface area contributed by atoms with Gasteiger partial charge in [0.1, 0.15) is 24.0 Å². The molecule has 0 N–H and O–H groups in total. The van der Waals surface area contributed by atoms with Crippen molar-refractivity contribution in [3.8, 4) is 22.5 Å². The van der Waals surface area contributed by atoms with Crippen molar-refractivity contribution in [2.45, 2.75) is 13.5 Å². The summed E-state index contributed by atoms with van der Waals surface area (Å²) in [6.07, 6.45) is 1.72. The Bertz CT molecular complexity index is 1150. The fourth-order valence-electron chi connectivity index (χ4n) is 2.66. The van der Waals surface area contributed by atoms with Crippen LogP contribution in [-0.4, -0.2) is 10.1 Å². The second kappa shape index (κ2) is 8.55. The lowest BCUT2D eigenvalue weighted by Crippen LogP contribution is -1.95. The van der Waals surface area contributed by atoms with Crippen molar-refractivity contribution in [3.05, 3.63) is 88.6 Å². The summed E-state index contributed by atoms with van der Waals surface area (Å²) in [5.41, 5.74) is 3.50. The van der Waals surface area contributed by atoms with E-state index in [1.165, 1.54) is 16.9 Å². The summed E-state index contributed by atoms with van der Waals surface area (Å²) >= 11 is 1.52. The Morgan fingerprint density at radius 3 is 2.62 bits per heavy atom. The van der Waals surface area contributed by atoms with Crippen molar-refractivity contribution in [1.29, 1.82) is 5.26 Å². The predicted octanol–water partition coefficient (Wildman–Crippen LogP) is 5.75. The van der Waals surface area contributed by atoms with Crippen molar-refractivity contribution in [2.75, 3.05) is 0 Å². The highest BCUT2D eigenvalue weighted by Gasteiger charge is 2.13. The van der Waals surface area contributed by atoms with Crippen LogP contribution in [0.5, 0.6) is 5.75 Å². The summed E-state index contributed by atoms with van der Waals surface area (Å²) in [4.78, 5) is 5.22. The molecule has 0 atom stereocenters. The van der Waals surface area contributed by atoms with Crippen molar-refractivity contribution in [1.82, 2.24) is 10.1 Å². The van der Waals surface area contributed by atoms with Gasteiger partial charge < -0.3 is 9.26 Å². The number of thiophene rings is 1. The van der Waals surface area contributed by atoms with Crippen molar-refractivity contribution >= 4 is 23.0 Å². The molecule has 6 heteroatoms. The Labute approximate surface area is 172 Å². The third kappa shape index (κ3) is 4.60. The van der Waals surface area contributed by atoms with Gasteiger partial charge in [0, 0.05) is 0 Å². The molecule has 0 unspecified atom stereocenters. The average Bonchev–Trinajstić information content (AvgIpc) is 3.44. The third-order valence-electron chi connectivity index (χ3n) is 4.24. The molecular formula is C23H17N3O2S. The van der Waals surface area contributed by atoms with Crippen molar-refractivity contribution in [3.63, 3.8) is 0 Å². The number of nitrogens with zero attached hydrogens (tertiary/aromatic N) is 3. The van der Waals surface area contributed by atoms with E-state index in [9.17, 15) is 5.26 Å². The van der Waals surface area contributed by atoms with Crippen LogP contribution >= 0.6 is 11.3 Å². The van der Waals surface area contributed by atoms with Crippen LogP contribution in [0.25, 0.3) is 22.4 Å². The number of ether oxygens (including phenoxy) is 1. The van der Waals surface area contributed by atoms with E-state index < -0.39 is 0 Å². The van der Waals surface area contributed by atoms with E-state index in [2.05, 4.69) is 47.4 Å². The molecule has 0 saturated carbocycles. The Kier molecular flexibility index (Phi) is 5.50. The molecule has 2 aromatic carbocycles. The zero-order chi connectivity index (χ0) is 20.1. The largest absolute Gasteiger partial charge is 0.489 e. The van der Waals surface area contributed by atoms with Crippen LogP contribution in [0, 0.1) is 18.3 Å². The van der Waals surface area contributed by atoms with E-state index in [1.54, 1.807) is 6.08 Å². The fraction of sp³-hybridized carbons (Fsp3) is 0.0870. The molecule has 4 rings (SSSR count). The summed E-state index contributed by atoms with van der Waals surface area (Å²) in [5.74, 6) is 1.45. The summed E-state index contributed by atoms with van der Waals surface area (Å²) in [6, 6.07) is 21.7. The van der Waals surface area contributed by atoms with Gasteiger partial charge in [0.25, 0.3) is 5.89 Å². The smallest absolute Gasteiger partial charge is 0.268 e. The van der Waals surface area contributed by atoms with Crippen LogP contribution in [0.15, 0.2) is 70.6 Å². The number of benzene rings is 2. The van der Waals surface area contributed by atoms with Crippen molar-refractivity contribution < 1.29 is 9.26 Å². The molecule has 0 aliphatic rings. The minimum absolute atomic E-state index is 0.204. The van der Waals surface area contributed by atoms with Crippen LogP contribution in [0.1, 0.15) is 22.6 Å². The lowest BCUT2D eigenvalue weighted by Gasteiger charge is -2.07. The molecule has 0 saturated heterocycles. The van der Waals surface area contributed by atoms with Gasteiger partial charge in [0.15, 0.2) is 0 Å². The summed E-state index contributed by atoms with van der Waals surface area (Å²) in [5, 5.41) is 15.4. The van der Waals surface area contributed by atoms with E-state index in [0.717, 1.165) is 21.8 Å². The van der Waals surface area contributed by atoms with Crippen LogP contribution < -0.4 is 4.74 Å². The molecule has 29 heavy (non-hydrogen) atoms. The minimum Gasteiger partial charge on any atom is -0.489 e. The molecule has 0 aliphatic carbocycles. The zero-order valence-corrected chi connectivity index (χ0v) is 16.5. The topological polar surface area (TPSA) is 71.9 Å². The molecule has 2 heterocycles. The van der Waals surface area contributed by atoms with E-state index in [1.807, 2.05) is 41.8 Å². The molecule has 0 radical (unpaired) electrons. The first kappa shape index (κ1) is 18.7. The molecule has 5 nitrogen and oxygen atoms in total. The third-order valence-corrected chi connectivity index (χ3v) is 5.10. The maximum Gasteiger partial charge on any atom is 0.268 e. The number of hydrogen-bond donors (Lipinski definition) is 0. The second-order valence-electron chi connectivity index (χ2n) is 6.41. The zero-order valence-electron chi connectivity index (χ0n) is 15.7. The predicted molar refractivity (Wildman–Crippen MR) is 113 cm³/mol.